The number of aromatic nitrogens is 3. The topological polar surface area (TPSA) is 59.8 Å². The molecule has 0 saturated carbocycles. The van der Waals surface area contributed by atoms with Crippen molar-refractivity contribution in [1.29, 1.82) is 0 Å². The first-order chi connectivity index (χ1) is 10.8. The smallest absolute Gasteiger partial charge is 0.220 e. The molecule has 1 N–H and O–H groups in total. The predicted molar refractivity (Wildman–Crippen MR) is 91.6 cm³/mol. The quantitative estimate of drug-likeness (QED) is 0.923. The van der Waals surface area contributed by atoms with Gasteiger partial charge in [-0.1, -0.05) is 26.8 Å². The fraction of sp³-hybridized carbons (Fsp3) is 0.500. The van der Waals surface area contributed by atoms with Crippen LogP contribution in [0.1, 0.15) is 44.1 Å². The summed E-state index contributed by atoms with van der Waals surface area (Å²) in [5, 5.41) is 7.58. The van der Waals surface area contributed by atoms with Gasteiger partial charge in [-0.3, -0.25) is 4.79 Å². The fourth-order valence-corrected chi connectivity index (χ4v) is 2.61. The van der Waals surface area contributed by atoms with Crippen molar-refractivity contribution in [3.05, 3.63) is 41.3 Å². The molecule has 2 aromatic heterocycles. The number of nitrogens with zero attached hydrogens (tertiary/aromatic N) is 3. The highest BCUT2D eigenvalue weighted by Gasteiger charge is 2.17. The van der Waals surface area contributed by atoms with Crippen LogP contribution in [0.2, 0.25) is 0 Å². The monoisotopic (exact) mass is 314 g/mol. The maximum absolute atomic E-state index is 11.9. The molecule has 0 aliphatic rings. The normalized spacial score (nSPS) is 11.5. The third kappa shape index (κ3) is 4.65. The largest absolute Gasteiger partial charge is 0.356 e. The molecular weight excluding hydrogens is 288 g/mol. The van der Waals surface area contributed by atoms with Crippen molar-refractivity contribution in [3.8, 4) is 5.82 Å². The molecule has 2 aromatic rings. The zero-order chi connectivity index (χ0) is 17.0. The Morgan fingerprint density at radius 3 is 2.61 bits per heavy atom. The molecule has 1 amide bonds. The standard InChI is InChI=1S/C18H26N4O/c1-13-15(9-11-20-17(23)12-18(3,4)5)14(2)22(21-13)16-8-6-7-10-19-16/h6-8,10H,9,11-12H2,1-5H3,(H,20,23). The molecule has 23 heavy (non-hydrogen) atoms. The minimum Gasteiger partial charge on any atom is -0.356 e. The lowest BCUT2D eigenvalue weighted by Crippen LogP contribution is -2.29. The first-order valence-corrected chi connectivity index (χ1v) is 8.01. The second-order valence-electron chi connectivity index (χ2n) is 7.09. The Bertz CT molecular complexity index is 668. The molecular formula is C18H26N4O. The SMILES string of the molecule is Cc1nn(-c2ccccn2)c(C)c1CCNC(=O)CC(C)(C)C. The van der Waals surface area contributed by atoms with Gasteiger partial charge in [0, 0.05) is 24.9 Å². The number of rotatable bonds is 5. The Hall–Kier alpha value is -2.17. The minimum absolute atomic E-state index is 0.0137. The van der Waals surface area contributed by atoms with Crippen LogP contribution in [0, 0.1) is 19.3 Å². The van der Waals surface area contributed by atoms with E-state index in [0.29, 0.717) is 13.0 Å². The summed E-state index contributed by atoms with van der Waals surface area (Å²) in [5.74, 6) is 0.918. The molecule has 0 spiro atoms. The molecule has 5 heteroatoms. The van der Waals surface area contributed by atoms with Gasteiger partial charge in [-0.05, 0) is 43.4 Å². The van der Waals surface area contributed by atoms with E-state index in [9.17, 15) is 4.79 Å². The summed E-state index contributed by atoms with van der Waals surface area (Å²) < 4.78 is 1.86. The maximum atomic E-state index is 11.9. The number of amides is 1. The Balaban J connectivity index is 2.02. The lowest BCUT2D eigenvalue weighted by Gasteiger charge is -2.17. The van der Waals surface area contributed by atoms with Crippen LogP contribution in [0.25, 0.3) is 5.82 Å². The number of carbonyl (C=O) groups is 1. The number of aryl methyl sites for hydroxylation is 1. The van der Waals surface area contributed by atoms with Gasteiger partial charge in [0.1, 0.15) is 0 Å². The summed E-state index contributed by atoms with van der Waals surface area (Å²) in [6.45, 7) is 10.9. The zero-order valence-corrected chi connectivity index (χ0v) is 14.7. The van der Waals surface area contributed by atoms with E-state index in [2.05, 4.69) is 36.2 Å². The van der Waals surface area contributed by atoms with Crippen LogP contribution in [-0.4, -0.2) is 27.2 Å². The van der Waals surface area contributed by atoms with Gasteiger partial charge in [-0.2, -0.15) is 5.10 Å². The summed E-state index contributed by atoms with van der Waals surface area (Å²) in [6.07, 6.45) is 3.08. The van der Waals surface area contributed by atoms with E-state index in [-0.39, 0.29) is 11.3 Å². The number of pyridine rings is 1. The van der Waals surface area contributed by atoms with Gasteiger partial charge in [0.25, 0.3) is 0 Å². The van der Waals surface area contributed by atoms with E-state index in [1.807, 2.05) is 36.7 Å². The number of hydrogen-bond acceptors (Lipinski definition) is 3. The number of carbonyl (C=O) groups excluding carboxylic acids is 1. The average Bonchev–Trinajstić information content (AvgIpc) is 2.74. The first kappa shape index (κ1) is 17.2. The first-order valence-electron chi connectivity index (χ1n) is 8.01. The molecule has 0 aromatic carbocycles. The second kappa shape index (κ2) is 6.94. The summed E-state index contributed by atoms with van der Waals surface area (Å²) in [5.41, 5.74) is 3.25. The molecule has 2 heterocycles. The molecule has 0 fully saturated rings. The molecule has 2 rings (SSSR count). The summed E-state index contributed by atoms with van der Waals surface area (Å²) in [4.78, 5) is 16.2. The Labute approximate surface area is 138 Å². The highest BCUT2D eigenvalue weighted by atomic mass is 16.1. The Kier molecular flexibility index (Phi) is 5.19. The van der Waals surface area contributed by atoms with Crippen LogP contribution in [0.4, 0.5) is 0 Å². The van der Waals surface area contributed by atoms with Crippen LogP contribution < -0.4 is 5.32 Å². The van der Waals surface area contributed by atoms with E-state index in [0.717, 1.165) is 23.6 Å². The Morgan fingerprint density at radius 1 is 1.26 bits per heavy atom. The molecule has 0 saturated heterocycles. The molecule has 0 aliphatic carbocycles. The molecule has 0 bridgehead atoms. The number of hydrogen-bond donors (Lipinski definition) is 1. The molecule has 124 valence electrons. The van der Waals surface area contributed by atoms with Crippen molar-refractivity contribution in [2.45, 2.75) is 47.5 Å². The molecule has 5 nitrogen and oxygen atoms in total. The van der Waals surface area contributed by atoms with Gasteiger partial charge in [-0.15, -0.1) is 0 Å². The molecule has 0 unspecified atom stereocenters. The van der Waals surface area contributed by atoms with Gasteiger partial charge >= 0.3 is 0 Å². The van der Waals surface area contributed by atoms with E-state index >= 15 is 0 Å². The van der Waals surface area contributed by atoms with Crippen molar-refractivity contribution in [3.63, 3.8) is 0 Å². The summed E-state index contributed by atoms with van der Waals surface area (Å²) >= 11 is 0. The second-order valence-corrected chi connectivity index (χ2v) is 7.09. The molecule has 0 atom stereocenters. The Morgan fingerprint density at radius 2 is 2.00 bits per heavy atom. The van der Waals surface area contributed by atoms with Crippen molar-refractivity contribution in [1.82, 2.24) is 20.1 Å². The maximum Gasteiger partial charge on any atom is 0.220 e. The van der Waals surface area contributed by atoms with Crippen LogP contribution >= 0.6 is 0 Å². The number of nitrogens with one attached hydrogen (secondary N) is 1. The molecule has 0 aliphatic heterocycles. The van der Waals surface area contributed by atoms with Crippen LogP contribution in [-0.2, 0) is 11.2 Å². The van der Waals surface area contributed by atoms with Crippen LogP contribution in [0.15, 0.2) is 24.4 Å². The van der Waals surface area contributed by atoms with Crippen molar-refractivity contribution >= 4 is 5.91 Å². The third-order valence-corrected chi connectivity index (χ3v) is 3.70. The lowest BCUT2D eigenvalue weighted by atomic mass is 9.92. The minimum atomic E-state index is 0.0137. The van der Waals surface area contributed by atoms with Gasteiger partial charge in [0.2, 0.25) is 5.91 Å². The van der Waals surface area contributed by atoms with E-state index in [4.69, 9.17) is 0 Å². The summed E-state index contributed by atoms with van der Waals surface area (Å²) in [7, 11) is 0. The van der Waals surface area contributed by atoms with Crippen LogP contribution in [0.5, 0.6) is 0 Å². The highest BCUT2D eigenvalue weighted by molar-refractivity contribution is 5.76. The van der Waals surface area contributed by atoms with Gasteiger partial charge in [-0.25, -0.2) is 9.67 Å². The summed E-state index contributed by atoms with van der Waals surface area (Å²) in [6, 6.07) is 5.78. The third-order valence-electron chi connectivity index (χ3n) is 3.70. The van der Waals surface area contributed by atoms with Crippen molar-refractivity contribution in [2.24, 2.45) is 5.41 Å². The van der Waals surface area contributed by atoms with Crippen molar-refractivity contribution in [2.75, 3.05) is 6.54 Å². The average molecular weight is 314 g/mol. The predicted octanol–water partition coefficient (Wildman–Crippen LogP) is 2.98. The van der Waals surface area contributed by atoms with E-state index < -0.39 is 0 Å². The van der Waals surface area contributed by atoms with E-state index in [1.165, 1.54) is 5.56 Å². The van der Waals surface area contributed by atoms with Gasteiger partial charge in [0.15, 0.2) is 5.82 Å². The van der Waals surface area contributed by atoms with Gasteiger partial charge in [0.05, 0.1) is 5.69 Å². The van der Waals surface area contributed by atoms with Gasteiger partial charge < -0.3 is 5.32 Å². The van der Waals surface area contributed by atoms with Crippen molar-refractivity contribution < 1.29 is 4.79 Å². The van der Waals surface area contributed by atoms with Crippen LogP contribution in [0.3, 0.4) is 0 Å². The highest BCUT2D eigenvalue weighted by Crippen LogP contribution is 2.19. The van der Waals surface area contributed by atoms with E-state index in [1.54, 1.807) is 6.20 Å². The molecule has 0 radical (unpaired) electrons. The lowest BCUT2D eigenvalue weighted by molar-refractivity contribution is -0.122. The fourth-order valence-electron chi connectivity index (χ4n) is 2.61. The zero-order valence-electron chi connectivity index (χ0n) is 14.7.